The number of nitrogens with two attached hydrogens (primary N) is 1. The molecule has 3 N–H and O–H groups in total. The zero-order valence-corrected chi connectivity index (χ0v) is 14.4. The SMILES string of the molecule is COc1cc(C(=O)NC(N)=NCc2ccccc2)cc(OC)c1OC. The van der Waals surface area contributed by atoms with Crippen LogP contribution in [0.25, 0.3) is 0 Å². The van der Waals surface area contributed by atoms with Crippen LogP contribution < -0.4 is 25.3 Å². The number of nitrogens with zero attached hydrogens (tertiary/aromatic N) is 1. The molecule has 0 aliphatic rings. The normalized spacial score (nSPS) is 10.9. The van der Waals surface area contributed by atoms with Gasteiger partial charge in [-0.2, -0.15) is 0 Å². The van der Waals surface area contributed by atoms with Crippen LogP contribution in [-0.2, 0) is 6.54 Å². The van der Waals surface area contributed by atoms with E-state index in [1.165, 1.54) is 21.3 Å². The van der Waals surface area contributed by atoms with Gasteiger partial charge in [0.25, 0.3) is 5.91 Å². The Hall–Kier alpha value is -3.22. The van der Waals surface area contributed by atoms with E-state index in [0.717, 1.165) is 5.56 Å². The Morgan fingerprint density at radius 3 is 2.16 bits per heavy atom. The Labute approximate surface area is 146 Å². The fourth-order valence-electron chi connectivity index (χ4n) is 2.20. The number of hydrogen-bond acceptors (Lipinski definition) is 5. The van der Waals surface area contributed by atoms with Crippen molar-refractivity contribution in [2.75, 3.05) is 21.3 Å². The molecule has 25 heavy (non-hydrogen) atoms. The van der Waals surface area contributed by atoms with Gasteiger partial charge in [0.15, 0.2) is 17.5 Å². The number of nitrogens with one attached hydrogen (secondary N) is 1. The molecule has 132 valence electrons. The molecular formula is C18H21N3O4. The molecule has 0 fully saturated rings. The molecule has 0 aromatic heterocycles. The molecule has 0 saturated heterocycles. The van der Waals surface area contributed by atoms with E-state index in [4.69, 9.17) is 19.9 Å². The lowest BCUT2D eigenvalue weighted by molar-refractivity contribution is 0.0975. The summed E-state index contributed by atoms with van der Waals surface area (Å²) < 4.78 is 15.7. The number of hydrogen-bond donors (Lipinski definition) is 2. The Morgan fingerprint density at radius 2 is 1.64 bits per heavy atom. The van der Waals surface area contributed by atoms with E-state index >= 15 is 0 Å². The monoisotopic (exact) mass is 343 g/mol. The van der Waals surface area contributed by atoms with Crippen LogP contribution >= 0.6 is 0 Å². The van der Waals surface area contributed by atoms with Crippen LogP contribution in [0.2, 0.25) is 0 Å². The fourth-order valence-corrected chi connectivity index (χ4v) is 2.20. The quantitative estimate of drug-likeness (QED) is 0.617. The van der Waals surface area contributed by atoms with Gasteiger partial charge in [-0.3, -0.25) is 10.1 Å². The molecule has 2 rings (SSSR count). The molecule has 0 aliphatic heterocycles. The van der Waals surface area contributed by atoms with Crippen molar-refractivity contribution >= 4 is 11.9 Å². The van der Waals surface area contributed by atoms with Crippen LogP contribution in [0.4, 0.5) is 0 Å². The van der Waals surface area contributed by atoms with E-state index in [1.54, 1.807) is 12.1 Å². The summed E-state index contributed by atoms with van der Waals surface area (Å²) in [5, 5.41) is 2.54. The number of guanidine groups is 1. The van der Waals surface area contributed by atoms with Crippen molar-refractivity contribution in [2.45, 2.75) is 6.54 Å². The van der Waals surface area contributed by atoms with E-state index in [-0.39, 0.29) is 5.96 Å². The second kappa shape index (κ2) is 8.58. The molecule has 1 amide bonds. The van der Waals surface area contributed by atoms with Gasteiger partial charge in [0.1, 0.15) is 0 Å². The third-order valence-electron chi connectivity index (χ3n) is 3.44. The Bertz CT molecular complexity index is 735. The van der Waals surface area contributed by atoms with Crippen LogP contribution in [0.3, 0.4) is 0 Å². The van der Waals surface area contributed by atoms with Crippen LogP contribution in [0.1, 0.15) is 15.9 Å². The van der Waals surface area contributed by atoms with E-state index in [0.29, 0.717) is 29.4 Å². The third-order valence-corrected chi connectivity index (χ3v) is 3.44. The van der Waals surface area contributed by atoms with Crippen molar-refractivity contribution in [1.82, 2.24) is 5.32 Å². The lowest BCUT2D eigenvalue weighted by Crippen LogP contribution is -2.36. The molecular weight excluding hydrogens is 322 g/mol. The van der Waals surface area contributed by atoms with Gasteiger partial charge in [-0.05, 0) is 17.7 Å². The van der Waals surface area contributed by atoms with Crippen molar-refractivity contribution in [3.05, 3.63) is 53.6 Å². The number of methoxy groups -OCH3 is 3. The largest absolute Gasteiger partial charge is 0.493 e. The summed E-state index contributed by atoms with van der Waals surface area (Å²) in [4.78, 5) is 16.5. The highest BCUT2D eigenvalue weighted by atomic mass is 16.5. The number of carbonyl (C=O) groups is 1. The zero-order chi connectivity index (χ0) is 18.2. The maximum atomic E-state index is 12.4. The molecule has 7 heteroatoms. The van der Waals surface area contributed by atoms with E-state index in [2.05, 4.69) is 10.3 Å². The first-order valence-corrected chi connectivity index (χ1v) is 7.54. The van der Waals surface area contributed by atoms with Gasteiger partial charge < -0.3 is 19.9 Å². The first-order chi connectivity index (χ1) is 12.1. The minimum atomic E-state index is -0.423. The summed E-state index contributed by atoms with van der Waals surface area (Å²) in [5.74, 6) is 0.780. The Balaban J connectivity index is 2.14. The number of amides is 1. The Kier molecular flexibility index (Phi) is 6.22. The molecule has 0 unspecified atom stereocenters. The van der Waals surface area contributed by atoms with Crippen molar-refractivity contribution < 1.29 is 19.0 Å². The molecule has 0 radical (unpaired) electrons. The van der Waals surface area contributed by atoms with Crippen LogP contribution in [-0.4, -0.2) is 33.2 Å². The predicted octanol–water partition coefficient (Wildman–Crippen LogP) is 1.96. The fraction of sp³-hybridized carbons (Fsp3) is 0.222. The average molecular weight is 343 g/mol. The number of rotatable bonds is 6. The molecule has 0 atom stereocenters. The van der Waals surface area contributed by atoms with Crippen molar-refractivity contribution in [3.63, 3.8) is 0 Å². The maximum Gasteiger partial charge on any atom is 0.258 e. The average Bonchev–Trinajstić information content (AvgIpc) is 2.65. The van der Waals surface area contributed by atoms with Gasteiger partial charge in [-0.1, -0.05) is 30.3 Å². The molecule has 2 aromatic rings. The predicted molar refractivity (Wildman–Crippen MR) is 95.3 cm³/mol. The van der Waals surface area contributed by atoms with Gasteiger partial charge in [-0.15, -0.1) is 0 Å². The van der Waals surface area contributed by atoms with Crippen LogP contribution in [0.15, 0.2) is 47.5 Å². The topological polar surface area (TPSA) is 95.2 Å². The van der Waals surface area contributed by atoms with Crippen molar-refractivity contribution in [2.24, 2.45) is 10.7 Å². The number of aliphatic imine (C=N–C) groups is 1. The minimum absolute atomic E-state index is 0.0302. The Morgan fingerprint density at radius 1 is 1.04 bits per heavy atom. The van der Waals surface area contributed by atoms with Gasteiger partial charge in [0, 0.05) is 5.56 Å². The molecule has 0 saturated carbocycles. The van der Waals surface area contributed by atoms with Crippen LogP contribution in [0.5, 0.6) is 17.2 Å². The smallest absolute Gasteiger partial charge is 0.258 e. The van der Waals surface area contributed by atoms with Crippen LogP contribution in [0, 0.1) is 0 Å². The summed E-state index contributed by atoms with van der Waals surface area (Å²) in [6, 6.07) is 12.7. The molecule has 2 aromatic carbocycles. The summed E-state index contributed by atoms with van der Waals surface area (Å²) in [6.07, 6.45) is 0. The molecule has 7 nitrogen and oxygen atoms in total. The van der Waals surface area contributed by atoms with Crippen molar-refractivity contribution in [1.29, 1.82) is 0 Å². The van der Waals surface area contributed by atoms with E-state index < -0.39 is 5.91 Å². The van der Waals surface area contributed by atoms with Gasteiger partial charge in [0.2, 0.25) is 5.75 Å². The molecule has 0 aliphatic carbocycles. The highest BCUT2D eigenvalue weighted by molar-refractivity contribution is 6.05. The first-order valence-electron chi connectivity index (χ1n) is 7.54. The van der Waals surface area contributed by atoms with Gasteiger partial charge in [0.05, 0.1) is 27.9 Å². The standard InChI is InChI=1S/C18H21N3O4/c1-23-14-9-13(10-15(24-2)16(14)25-3)17(22)21-18(19)20-11-12-7-5-4-6-8-12/h4-10H,11H2,1-3H3,(H3,19,20,21,22). The summed E-state index contributed by atoms with van der Waals surface area (Å²) in [6.45, 7) is 0.377. The summed E-state index contributed by atoms with van der Waals surface area (Å²) in [7, 11) is 4.46. The lowest BCUT2D eigenvalue weighted by Gasteiger charge is -2.14. The number of carbonyl (C=O) groups excluding carboxylic acids is 1. The molecule has 0 bridgehead atoms. The minimum Gasteiger partial charge on any atom is -0.493 e. The molecule has 0 spiro atoms. The van der Waals surface area contributed by atoms with Crippen molar-refractivity contribution in [3.8, 4) is 17.2 Å². The molecule has 0 heterocycles. The second-order valence-corrected chi connectivity index (χ2v) is 5.06. The third kappa shape index (κ3) is 4.63. The van der Waals surface area contributed by atoms with E-state index in [1.807, 2.05) is 30.3 Å². The highest BCUT2D eigenvalue weighted by Crippen LogP contribution is 2.38. The van der Waals surface area contributed by atoms with Gasteiger partial charge in [-0.25, -0.2) is 4.99 Å². The maximum absolute atomic E-state index is 12.4. The summed E-state index contributed by atoms with van der Waals surface area (Å²) in [5.41, 5.74) is 7.09. The first kappa shape index (κ1) is 18.1. The van der Waals surface area contributed by atoms with E-state index in [9.17, 15) is 4.79 Å². The zero-order valence-electron chi connectivity index (χ0n) is 14.4. The lowest BCUT2D eigenvalue weighted by atomic mass is 10.1. The highest BCUT2D eigenvalue weighted by Gasteiger charge is 2.17. The summed E-state index contributed by atoms with van der Waals surface area (Å²) >= 11 is 0. The number of ether oxygens (including phenoxy) is 3. The second-order valence-electron chi connectivity index (χ2n) is 5.06. The van der Waals surface area contributed by atoms with Gasteiger partial charge >= 0.3 is 0 Å². The number of benzene rings is 2.